The standard InChI is InChI=1S/C25H28ClFN2O2/c26-19-13-11-18(12-14-19)15-16-28-23(30)17-29(20-7-3-1-2-4-8-20)25(31)24(28)21-9-5-6-10-22(21)27/h5-6,9-14,20,24H,1-4,7-8,15-17H2/t24-/m1/s1. The van der Waals surface area contributed by atoms with Crippen molar-refractivity contribution in [2.45, 2.75) is 57.0 Å². The molecule has 1 saturated carbocycles. The lowest BCUT2D eigenvalue weighted by Crippen LogP contribution is -2.58. The minimum Gasteiger partial charge on any atom is -0.328 e. The fourth-order valence-electron chi connectivity index (χ4n) is 4.78. The molecular formula is C25H28ClFN2O2. The van der Waals surface area contributed by atoms with Crippen LogP contribution in [0, 0.1) is 5.82 Å². The molecule has 4 nitrogen and oxygen atoms in total. The summed E-state index contributed by atoms with van der Waals surface area (Å²) in [5.41, 5.74) is 1.29. The van der Waals surface area contributed by atoms with E-state index >= 15 is 0 Å². The van der Waals surface area contributed by atoms with Crippen LogP contribution in [-0.4, -0.2) is 40.7 Å². The average Bonchev–Trinajstić information content (AvgIpc) is 3.05. The summed E-state index contributed by atoms with van der Waals surface area (Å²) in [6.07, 6.45) is 6.85. The van der Waals surface area contributed by atoms with Crippen LogP contribution < -0.4 is 0 Å². The highest BCUT2D eigenvalue weighted by molar-refractivity contribution is 6.30. The Morgan fingerprint density at radius 2 is 1.61 bits per heavy atom. The van der Waals surface area contributed by atoms with Gasteiger partial charge in [0.1, 0.15) is 18.4 Å². The zero-order valence-corrected chi connectivity index (χ0v) is 18.4. The van der Waals surface area contributed by atoms with E-state index in [1.807, 2.05) is 24.3 Å². The molecular weight excluding hydrogens is 415 g/mol. The van der Waals surface area contributed by atoms with Crippen molar-refractivity contribution in [2.24, 2.45) is 0 Å². The van der Waals surface area contributed by atoms with E-state index in [2.05, 4.69) is 0 Å². The molecule has 1 aliphatic carbocycles. The molecule has 2 aliphatic rings. The largest absolute Gasteiger partial charge is 0.328 e. The predicted octanol–water partition coefficient (Wildman–Crippen LogP) is 5.16. The van der Waals surface area contributed by atoms with Gasteiger partial charge in [0.2, 0.25) is 5.91 Å². The van der Waals surface area contributed by atoms with Crippen molar-refractivity contribution in [2.75, 3.05) is 13.1 Å². The zero-order valence-electron chi connectivity index (χ0n) is 17.6. The SMILES string of the molecule is O=C1[C@@H](c2ccccc2F)N(CCc2ccc(Cl)cc2)C(=O)CN1C1CCCCCC1. The van der Waals surface area contributed by atoms with E-state index in [-0.39, 0.29) is 30.0 Å². The Balaban J connectivity index is 1.61. The molecule has 1 aliphatic heterocycles. The van der Waals surface area contributed by atoms with E-state index in [1.54, 1.807) is 28.0 Å². The van der Waals surface area contributed by atoms with Gasteiger partial charge < -0.3 is 9.80 Å². The summed E-state index contributed by atoms with van der Waals surface area (Å²) in [5.74, 6) is -0.730. The molecule has 2 fully saturated rings. The Labute approximate surface area is 188 Å². The Morgan fingerprint density at radius 1 is 0.935 bits per heavy atom. The summed E-state index contributed by atoms with van der Waals surface area (Å²) in [6, 6.07) is 12.9. The van der Waals surface area contributed by atoms with Crippen molar-refractivity contribution in [3.05, 3.63) is 70.5 Å². The first kappa shape index (κ1) is 21.8. The molecule has 1 saturated heterocycles. The van der Waals surface area contributed by atoms with E-state index in [4.69, 9.17) is 11.6 Å². The molecule has 2 aromatic carbocycles. The van der Waals surface area contributed by atoms with E-state index < -0.39 is 11.9 Å². The number of benzene rings is 2. The smallest absolute Gasteiger partial charge is 0.250 e. The van der Waals surface area contributed by atoms with Gasteiger partial charge in [-0.05, 0) is 43.0 Å². The number of carbonyl (C=O) groups excluding carboxylic acids is 2. The van der Waals surface area contributed by atoms with Crippen LogP contribution in [0.3, 0.4) is 0 Å². The highest BCUT2D eigenvalue weighted by Crippen LogP contribution is 2.33. The molecule has 0 aromatic heterocycles. The number of piperazine rings is 1. The van der Waals surface area contributed by atoms with Gasteiger partial charge in [-0.2, -0.15) is 0 Å². The van der Waals surface area contributed by atoms with Gasteiger partial charge in [0, 0.05) is 23.2 Å². The summed E-state index contributed by atoms with van der Waals surface area (Å²) in [5, 5.41) is 0.649. The van der Waals surface area contributed by atoms with Crippen molar-refractivity contribution in [1.82, 2.24) is 9.80 Å². The maximum absolute atomic E-state index is 14.8. The van der Waals surface area contributed by atoms with Crippen molar-refractivity contribution >= 4 is 23.4 Å². The van der Waals surface area contributed by atoms with Crippen molar-refractivity contribution in [1.29, 1.82) is 0 Å². The maximum atomic E-state index is 14.8. The van der Waals surface area contributed by atoms with Gasteiger partial charge in [-0.15, -0.1) is 0 Å². The first-order chi connectivity index (χ1) is 15.0. The third-order valence-corrected chi connectivity index (χ3v) is 6.73. The van der Waals surface area contributed by atoms with Crippen LogP contribution in [0.2, 0.25) is 5.02 Å². The number of hydrogen-bond acceptors (Lipinski definition) is 2. The Hall–Kier alpha value is -2.40. The Bertz CT molecular complexity index is 925. The lowest BCUT2D eigenvalue weighted by atomic mass is 9.96. The summed E-state index contributed by atoms with van der Waals surface area (Å²) in [7, 11) is 0. The lowest BCUT2D eigenvalue weighted by molar-refractivity contribution is -0.159. The van der Waals surface area contributed by atoms with Gasteiger partial charge in [0.05, 0.1) is 0 Å². The lowest BCUT2D eigenvalue weighted by Gasteiger charge is -2.43. The number of halogens is 2. The molecule has 164 valence electrons. The predicted molar refractivity (Wildman–Crippen MR) is 119 cm³/mol. The second-order valence-corrected chi connectivity index (χ2v) is 8.94. The van der Waals surface area contributed by atoms with Gasteiger partial charge in [0.15, 0.2) is 0 Å². The monoisotopic (exact) mass is 442 g/mol. The van der Waals surface area contributed by atoms with Crippen LogP contribution >= 0.6 is 11.6 Å². The van der Waals surface area contributed by atoms with E-state index in [0.29, 0.717) is 18.0 Å². The first-order valence-corrected chi connectivity index (χ1v) is 11.5. The average molecular weight is 443 g/mol. The van der Waals surface area contributed by atoms with Crippen LogP contribution in [-0.2, 0) is 16.0 Å². The highest BCUT2D eigenvalue weighted by atomic mass is 35.5. The number of amides is 2. The highest BCUT2D eigenvalue weighted by Gasteiger charge is 2.43. The van der Waals surface area contributed by atoms with Crippen LogP contribution in [0.15, 0.2) is 48.5 Å². The van der Waals surface area contributed by atoms with Crippen LogP contribution in [0.4, 0.5) is 4.39 Å². The van der Waals surface area contributed by atoms with Gasteiger partial charge in [0.25, 0.3) is 5.91 Å². The normalized spacial score (nSPS) is 20.8. The van der Waals surface area contributed by atoms with Crippen LogP contribution in [0.1, 0.15) is 55.7 Å². The minimum absolute atomic E-state index is 0.0617. The van der Waals surface area contributed by atoms with E-state index in [9.17, 15) is 14.0 Å². The third kappa shape index (κ3) is 4.93. The molecule has 31 heavy (non-hydrogen) atoms. The third-order valence-electron chi connectivity index (χ3n) is 6.47. The molecule has 2 amide bonds. The van der Waals surface area contributed by atoms with E-state index in [0.717, 1.165) is 44.1 Å². The molecule has 0 bridgehead atoms. The number of hydrogen-bond donors (Lipinski definition) is 0. The van der Waals surface area contributed by atoms with E-state index in [1.165, 1.54) is 6.07 Å². The minimum atomic E-state index is -0.919. The number of nitrogens with zero attached hydrogens (tertiary/aromatic N) is 2. The molecule has 0 spiro atoms. The van der Waals surface area contributed by atoms with Gasteiger partial charge in [-0.1, -0.05) is 67.6 Å². The second-order valence-electron chi connectivity index (χ2n) is 8.50. The van der Waals surface area contributed by atoms with Crippen LogP contribution in [0.25, 0.3) is 0 Å². The fourth-order valence-corrected chi connectivity index (χ4v) is 4.91. The van der Waals surface area contributed by atoms with Crippen LogP contribution in [0.5, 0.6) is 0 Å². The van der Waals surface area contributed by atoms with Gasteiger partial charge in [-0.25, -0.2) is 4.39 Å². The van der Waals surface area contributed by atoms with Crippen molar-refractivity contribution in [3.8, 4) is 0 Å². The Morgan fingerprint density at radius 3 is 2.29 bits per heavy atom. The van der Waals surface area contributed by atoms with Gasteiger partial charge >= 0.3 is 0 Å². The second kappa shape index (κ2) is 9.82. The summed E-state index contributed by atoms with van der Waals surface area (Å²) in [6.45, 7) is 0.429. The molecule has 0 radical (unpaired) electrons. The molecule has 2 aromatic rings. The molecule has 1 atom stereocenters. The zero-order chi connectivity index (χ0) is 21.8. The molecule has 1 heterocycles. The fraction of sp³-hybridized carbons (Fsp3) is 0.440. The quantitative estimate of drug-likeness (QED) is 0.600. The first-order valence-electron chi connectivity index (χ1n) is 11.1. The molecule has 0 N–H and O–H groups in total. The number of rotatable bonds is 5. The Kier molecular flexibility index (Phi) is 6.91. The van der Waals surface area contributed by atoms with Crippen molar-refractivity contribution < 1.29 is 14.0 Å². The maximum Gasteiger partial charge on any atom is 0.250 e. The number of carbonyl (C=O) groups is 2. The molecule has 4 rings (SSSR count). The summed E-state index contributed by atoms with van der Waals surface area (Å²) >= 11 is 5.97. The summed E-state index contributed by atoms with van der Waals surface area (Å²) in [4.78, 5) is 30.2. The van der Waals surface area contributed by atoms with Gasteiger partial charge in [-0.3, -0.25) is 9.59 Å². The summed E-state index contributed by atoms with van der Waals surface area (Å²) < 4.78 is 14.8. The van der Waals surface area contributed by atoms with Crippen molar-refractivity contribution in [3.63, 3.8) is 0 Å². The molecule has 6 heteroatoms. The topological polar surface area (TPSA) is 40.6 Å². The molecule has 0 unspecified atom stereocenters.